The fourth-order valence-corrected chi connectivity index (χ4v) is 5.26. The molecule has 0 fully saturated rings. The van der Waals surface area contributed by atoms with Crippen LogP contribution in [0.15, 0.2) is 85.1 Å². The summed E-state index contributed by atoms with van der Waals surface area (Å²) in [5.41, 5.74) is 2.76. The van der Waals surface area contributed by atoms with Crippen molar-refractivity contribution >= 4 is 34.1 Å². The van der Waals surface area contributed by atoms with E-state index in [1.807, 2.05) is 54.7 Å². The molecule has 2 amide bonds. The SMILES string of the molecule is COc1ccc2c(c1)[C@@](O)([C@H](C)/C=C/CCO)C(=O)N2Cc1ccc(NC(=O)Cc2c[nH]c3ccccc23)cc1. The van der Waals surface area contributed by atoms with Crippen LogP contribution in [0.1, 0.15) is 30.0 Å². The van der Waals surface area contributed by atoms with E-state index in [4.69, 9.17) is 9.84 Å². The van der Waals surface area contributed by atoms with Crippen molar-refractivity contribution in [3.8, 4) is 5.75 Å². The van der Waals surface area contributed by atoms with Gasteiger partial charge in [-0.1, -0.05) is 49.4 Å². The highest BCUT2D eigenvalue weighted by Gasteiger charge is 2.52. The summed E-state index contributed by atoms with van der Waals surface area (Å²) in [5, 5.41) is 24.8. The highest BCUT2D eigenvalue weighted by atomic mass is 16.5. The Hall–Kier alpha value is -4.40. The van der Waals surface area contributed by atoms with Crippen LogP contribution in [0, 0.1) is 5.92 Å². The number of methoxy groups -OCH3 is 1. The molecule has 1 aliphatic heterocycles. The summed E-state index contributed by atoms with van der Waals surface area (Å²) in [5.74, 6) is -0.528. The number of anilines is 2. The van der Waals surface area contributed by atoms with E-state index in [0.29, 0.717) is 29.1 Å². The van der Waals surface area contributed by atoms with Crippen LogP contribution in [0.4, 0.5) is 11.4 Å². The van der Waals surface area contributed by atoms with Crippen LogP contribution in [0.5, 0.6) is 5.75 Å². The molecule has 0 saturated carbocycles. The minimum absolute atomic E-state index is 0.00833. The number of aliphatic hydroxyl groups excluding tert-OH is 1. The molecule has 1 aromatic heterocycles. The predicted molar refractivity (Wildman–Crippen MR) is 155 cm³/mol. The van der Waals surface area contributed by atoms with E-state index < -0.39 is 17.4 Å². The molecule has 4 N–H and O–H groups in total. The number of H-pyrrole nitrogens is 1. The number of nitrogens with zero attached hydrogens (tertiary/aromatic N) is 1. The standard InChI is InChI=1S/C32H33N3O5/c1-21(7-5-6-16-36)32(39)27-18-25(40-2)14-15-29(27)35(31(32)38)20-22-10-12-24(13-11-22)34-30(37)17-23-19-33-28-9-4-3-8-26(23)28/h3-5,7-15,18-19,21,33,36,39H,6,16-17,20H2,1-2H3,(H,34,37)/b7-5+/t21-,32+/m1/s1. The number of aromatic nitrogens is 1. The summed E-state index contributed by atoms with van der Waals surface area (Å²) in [6.07, 6.45) is 6.07. The van der Waals surface area contributed by atoms with E-state index in [-0.39, 0.29) is 25.5 Å². The Kier molecular flexibility index (Phi) is 7.73. The monoisotopic (exact) mass is 539 g/mol. The normalized spacial score (nSPS) is 17.4. The number of rotatable bonds is 10. The van der Waals surface area contributed by atoms with Gasteiger partial charge in [0, 0.05) is 40.9 Å². The molecule has 8 nitrogen and oxygen atoms in total. The summed E-state index contributed by atoms with van der Waals surface area (Å²) < 4.78 is 5.37. The van der Waals surface area contributed by atoms with E-state index in [1.54, 1.807) is 49.3 Å². The lowest BCUT2D eigenvalue weighted by molar-refractivity contribution is -0.139. The van der Waals surface area contributed by atoms with E-state index in [1.165, 1.54) is 0 Å². The van der Waals surface area contributed by atoms with Gasteiger partial charge in [0.2, 0.25) is 5.91 Å². The first-order chi connectivity index (χ1) is 19.3. The van der Waals surface area contributed by atoms with Crippen LogP contribution >= 0.6 is 0 Å². The van der Waals surface area contributed by atoms with Crippen LogP contribution < -0.4 is 15.0 Å². The molecule has 2 heterocycles. The molecule has 40 heavy (non-hydrogen) atoms. The van der Waals surface area contributed by atoms with Gasteiger partial charge in [0.05, 0.1) is 25.8 Å². The number of benzene rings is 3. The molecule has 4 aromatic rings. The molecule has 0 spiro atoms. The number of hydrogen-bond acceptors (Lipinski definition) is 5. The molecular formula is C32H33N3O5. The van der Waals surface area contributed by atoms with Crippen molar-refractivity contribution in [2.45, 2.75) is 31.9 Å². The lowest BCUT2D eigenvalue weighted by Crippen LogP contribution is -2.44. The molecule has 0 unspecified atom stereocenters. The molecule has 0 saturated heterocycles. The van der Waals surface area contributed by atoms with Gasteiger partial charge < -0.3 is 30.2 Å². The molecule has 3 aromatic carbocycles. The van der Waals surface area contributed by atoms with Crippen molar-refractivity contribution in [1.82, 2.24) is 4.98 Å². The first kappa shape index (κ1) is 27.2. The first-order valence-electron chi connectivity index (χ1n) is 13.3. The summed E-state index contributed by atoms with van der Waals surface area (Å²) in [4.78, 5) is 31.2. The van der Waals surface area contributed by atoms with Gasteiger partial charge in [0.15, 0.2) is 5.60 Å². The van der Waals surface area contributed by atoms with Crippen LogP contribution in [-0.4, -0.2) is 40.7 Å². The number of nitrogens with one attached hydrogen (secondary N) is 2. The largest absolute Gasteiger partial charge is 0.497 e. The average Bonchev–Trinajstić information content (AvgIpc) is 3.46. The van der Waals surface area contributed by atoms with Crippen molar-refractivity contribution in [1.29, 1.82) is 0 Å². The van der Waals surface area contributed by atoms with Gasteiger partial charge in [-0.15, -0.1) is 0 Å². The average molecular weight is 540 g/mol. The summed E-state index contributed by atoms with van der Waals surface area (Å²) in [6.45, 7) is 2.02. The lowest BCUT2D eigenvalue weighted by Gasteiger charge is -2.27. The highest BCUT2D eigenvalue weighted by Crippen LogP contribution is 2.47. The van der Waals surface area contributed by atoms with Gasteiger partial charge in [-0.2, -0.15) is 0 Å². The van der Waals surface area contributed by atoms with Gasteiger partial charge in [-0.05, 0) is 53.9 Å². The fraction of sp³-hybridized carbons (Fsp3) is 0.250. The quantitative estimate of drug-likeness (QED) is 0.219. The van der Waals surface area contributed by atoms with Crippen LogP contribution in [0.25, 0.3) is 10.9 Å². The minimum Gasteiger partial charge on any atom is -0.497 e. The van der Waals surface area contributed by atoms with E-state index in [9.17, 15) is 14.7 Å². The van der Waals surface area contributed by atoms with Crippen LogP contribution in [0.2, 0.25) is 0 Å². The summed E-state index contributed by atoms with van der Waals surface area (Å²) in [7, 11) is 1.54. The molecule has 8 heteroatoms. The zero-order valence-corrected chi connectivity index (χ0v) is 22.6. The number of aliphatic hydroxyl groups is 2. The van der Waals surface area contributed by atoms with Crippen LogP contribution in [-0.2, 0) is 28.2 Å². The van der Waals surface area contributed by atoms with Crippen LogP contribution in [0.3, 0.4) is 0 Å². The first-order valence-corrected chi connectivity index (χ1v) is 13.3. The number of ether oxygens (including phenoxy) is 1. The molecular weight excluding hydrogens is 506 g/mol. The third kappa shape index (κ3) is 5.11. The Morgan fingerprint density at radius 3 is 2.67 bits per heavy atom. The number of aromatic amines is 1. The van der Waals surface area contributed by atoms with E-state index >= 15 is 0 Å². The third-order valence-electron chi connectivity index (χ3n) is 7.46. The van der Waals surface area contributed by atoms with Gasteiger partial charge in [-0.25, -0.2) is 0 Å². The second-order valence-corrected chi connectivity index (χ2v) is 10.1. The maximum absolute atomic E-state index is 13.7. The van der Waals surface area contributed by atoms with Gasteiger partial charge in [0.1, 0.15) is 5.75 Å². The Bertz CT molecular complexity index is 1560. The Balaban J connectivity index is 1.32. The number of carbonyl (C=O) groups excluding carboxylic acids is 2. The van der Waals surface area contributed by atoms with Gasteiger partial charge in [0.25, 0.3) is 5.91 Å². The van der Waals surface area contributed by atoms with E-state index in [2.05, 4.69) is 10.3 Å². The number of para-hydroxylation sites is 1. The lowest BCUT2D eigenvalue weighted by atomic mass is 9.83. The number of hydrogen-bond donors (Lipinski definition) is 4. The molecule has 0 radical (unpaired) electrons. The maximum atomic E-state index is 13.7. The van der Waals surface area contributed by atoms with E-state index in [0.717, 1.165) is 22.0 Å². The van der Waals surface area contributed by atoms with Crippen molar-refractivity contribution < 1.29 is 24.5 Å². The van der Waals surface area contributed by atoms with Crippen molar-refractivity contribution in [3.05, 3.63) is 102 Å². The van der Waals surface area contributed by atoms with Gasteiger partial charge >= 0.3 is 0 Å². The Morgan fingerprint density at radius 2 is 1.93 bits per heavy atom. The van der Waals surface area contributed by atoms with Crippen molar-refractivity contribution in [2.75, 3.05) is 23.9 Å². The third-order valence-corrected chi connectivity index (χ3v) is 7.46. The number of carbonyl (C=O) groups is 2. The minimum atomic E-state index is -1.77. The smallest absolute Gasteiger partial charge is 0.264 e. The Labute approximate surface area is 232 Å². The number of fused-ring (bicyclic) bond motifs is 2. The molecule has 0 aliphatic carbocycles. The summed E-state index contributed by atoms with van der Waals surface area (Å²) in [6, 6.07) is 20.5. The summed E-state index contributed by atoms with van der Waals surface area (Å²) >= 11 is 0. The van der Waals surface area contributed by atoms with Crippen molar-refractivity contribution in [3.63, 3.8) is 0 Å². The highest BCUT2D eigenvalue weighted by molar-refractivity contribution is 6.07. The second-order valence-electron chi connectivity index (χ2n) is 10.1. The maximum Gasteiger partial charge on any atom is 0.264 e. The fourth-order valence-electron chi connectivity index (χ4n) is 5.26. The molecule has 206 valence electrons. The zero-order valence-electron chi connectivity index (χ0n) is 22.6. The van der Waals surface area contributed by atoms with Gasteiger partial charge in [-0.3, -0.25) is 9.59 Å². The molecule has 0 bridgehead atoms. The Morgan fingerprint density at radius 1 is 1.15 bits per heavy atom. The molecule has 2 atom stereocenters. The van der Waals surface area contributed by atoms with Crippen molar-refractivity contribution in [2.24, 2.45) is 5.92 Å². The molecule has 1 aliphatic rings. The predicted octanol–water partition coefficient (Wildman–Crippen LogP) is 4.67. The number of amides is 2. The zero-order chi connectivity index (χ0) is 28.3. The topological polar surface area (TPSA) is 115 Å². The molecule has 5 rings (SSSR count). The second kappa shape index (κ2) is 11.4.